The zero-order valence-electron chi connectivity index (χ0n) is 20.5. The predicted molar refractivity (Wildman–Crippen MR) is 136 cm³/mol. The number of benzene rings is 2. The van der Waals surface area contributed by atoms with Crippen LogP contribution in [0.15, 0.2) is 54.6 Å². The molecule has 4 rings (SSSR count). The molecule has 3 aromatic rings. The Bertz CT molecular complexity index is 1190. The van der Waals surface area contributed by atoms with Crippen LogP contribution in [0, 0.1) is 24.0 Å². The lowest BCUT2D eigenvalue weighted by molar-refractivity contribution is -0.384. The molecule has 0 spiro atoms. The summed E-state index contributed by atoms with van der Waals surface area (Å²) >= 11 is 0. The highest BCUT2D eigenvalue weighted by Crippen LogP contribution is 2.27. The standard InChI is InChI=1S/C27H31N5O3/c1-4-24(22-8-6-5-7-9-22)27(33)31-16-14-30(15-17-31)26-25(19(2)28-20(3)29-26)18-21-10-12-23(13-11-21)32(34)35/h5-13,24H,4,14-18H2,1-3H3. The van der Waals surface area contributed by atoms with Gasteiger partial charge in [0.2, 0.25) is 5.91 Å². The van der Waals surface area contributed by atoms with Crippen molar-refractivity contribution in [3.05, 3.63) is 92.9 Å². The van der Waals surface area contributed by atoms with Crippen molar-refractivity contribution in [3.63, 3.8) is 0 Å². The molecular formula is C27H31N5O3. The molecule has 1 amide bonds. The molecule has 1 unspecified atom stereocenters. The number of piperazine rings is 1. The van der Waals surface area contributed by atoms with Gasteiger partial charge in [0.25, 0.3) is 5.69 Å². The van der Waals surface area contributed by atoms with E-state index < -0.39 is 4.92 Å². The maximum absolute atomic E-state index is 13.3. The monoisotopic (exact) mass is 473 g/mol. The van der Waals surface area contributed by atoms with Gasteiger partial charge in [-0.1, -0.05) is 49.4 Å². The summed E-state index contributed by atoms with van der Waals surface area (Å²) in [5.74, 6) is 1.65. The van der Waals surface area contributed by atoms with Crippen molar-refractivity contribution in [1.82, 2.24) is 14.9 Å². The van der Waals surface area contributed by atoms with Crippen LogP contribution < -0.4 is 4.90 Å². The molecule has 1 saturated heterocycles. The summed E-state index contributed by atoms with van der Waals surface area (Å²) in [7, 11) is 0. The number of rotatable bonds is 7. The smallest absolute Gasteiger partial charge is 0.269 e. The summed E-state index contributed by atoms with van der Waals surface area (Å²) in [5.41, 5.74) is 4.02. The zero-order chi connectivity index (χ0) is 24.9. The highest BCUT2D eigenvalue weighted by Gasteiger charge is 2.29. The van der Waals surface area contributed by atoms with E-state index in [0.717, 1.165) is 34.6 Å². The second kappa shape index (κ2) is 10.6. The van der Waals surface area contributed by atoms with Crippen LogP contribution in [0.5, 0.6) is 0 Å². The molecule has 35 heavy (non-hydrogen) atoms. The maximum Gasteiger partial charge on any atom is 0.269 e. The van der Waals surface area contributed by atoms with Crippen molar-refractivity contribution in [2.24, 2.45) is 0 Å². The fourth-order valence-corrected chi connectivity index (χ4v) is 4.72. The largest absolute Gasteiger partial charge is 0.353 e. The second-order valence-electron chi connectivity index (χ2n) is 8.94. The number of carbonyl (C=O) groups is 1. The molecule has 0 saturated carbocycles. The lowest BCUT2D eigenvalue weighted by atomic mass is 9.94. The molecule has 8 nitrogen and oxygen atoms in total. The van der Waals surface area contributed by atoms with Crippen LogP contribution in [0.4, 0.5) is 11.5 Å². The van der Waals surface area contributed by atoms with Crippen molar-refractivity contribution in [1.29, 1.82) is 0 Å². The topological polar surface area (TPSA) is 92.5 Å². The first-order valence-corrected chi connectivity index (χ1v) is 12.0. The summed E-state index contributed by atoms with van der Waals surface area (Å²) in [6.07, 6.45) is 1.36. The van der Waals surface area contributed by atoms with Crippen molar-refractivity contribution in [2.45, 2.75) is 39.5 Å². The molecule has 1 aromatic heterocycles. The third-order valence-corrected chi connectivity index (χ3v) is 6.63. The van der Waals surface area contributed by atoms with Gasteiger partial charge in [-0.25, -0.2) is 9.97 Å². The van der Waals surface area contributed by atoms with E-state index in [1.165, 1.54) is 12.1 Å². The lowest BCUT2D eigenvalue weighted by Gasteiger charge is -2.38. The van der Waals surface area contributed by atoms with E-state index in [0.29, 0.717) is 38.4 Å². The number of nitro groups is 1. The van der Waals surface area contributed by atoms with Crippen LogP contribution in [-0.2, 0) is 11.2 Å². The average Bonchev–Trinajstić information content (AvgIpc) is 2.87. The molecule has 2 aromatic carbocycles. The van der Waals surface area contributed by atoms with Gasteiger partial charge in [0.15, 0.2) is 0 Å². The Labute approximate surface area is 205 Å². The first kappa shape index (κ1) is 24.3. The molecular weight excluding hydrogens is 442 g/mol. The highest BCUT2D eigenvalue weighted by atomic mass is 16.6. The lowest BCUT2D eigenvalue weighted by Crippen LogP contribution is -2.50. The van der Waals surface area contributed by atoms with Gasteiger partial charge in [0.05, 0.1) is 10.8 Å². The van der Waals surface area contributed by atoms with Crippen LogP contribution in [0.1, 0.15) is 47.5 Å². The SMILES string of the molecule is CCC(C(=O)N1CCN(c2nc(C)nc(C)c2Cc2ccc([N+](=O)[O-])cc2)CC1)c1ccccc1. The van der Waals surface area contributed by atoms with E-state index in [9.17, 15) is 14.9 Å². The minimum atomic E-state index is -0.392. The van der Waals surface area contributed by atoms with E-state index in [2.05, 4.69) is 16.8 Å². The van der Waals surface area contributed by atoms with Crippen molar-refractivity contribution in [3.8, 4) is 0 Å². The van der Waals surface area contributed by atoms with Crippen LogP contribution in [0.3, 0.4) is 0 Å². The third kappa shape index (κ3) is 5.48. The van der Waals surface area contributed by atoms with Gasteiger partial charge in [-0.3, -0.25) is 14.9 Å². The van der Waals surface area contributed by atoms with Crippen molar-refractivity contribution in [2.75, 3.05) is 31.1 Å². The number of aryl methyl sites for hydroxylation is 2. The number of nitro benzene ring substituents is 1. The van der Waals surface area contributed by atoms with Gasteiger partial charge in [-0.2, -0.15) is 0 Å². The molecule has 8 heteroatoms. The van der Waals surface area contributed by atoms with Gasteiger partial charge >= 0.3 is 0 Å². The summed E-state index contributed by atoms with van der Waals surface area (Å²) in [6.45, 7) is 8.59. The van der Waals surface area contributed by atoms with Crippen molar-refractivity contribution < 1.29 is 9.72 Å². The summed E-state index contributed by atoms with van der Waals surface area (Å²) in [6, 6.07) is 16.6. The first-order chi connectivity index (χ1) is 16.9. The van der Waals surface area contributed by atoms with E-state index in [4.69, 9.17) is 4.98 Å². The van der Waals surface area contributed by atoms with E-state index in [1.54, 1.807) is 12.1 Å². The van der Waals surface area contributed by atoms with Gasteiger partial charge < -0.3 is 9.80 Å². The van der Waals surface area contributed by atoms with Gasteiger partial charge in [0.1, 0.15) is 11.6 Å². The quantitative estimate of drug-likeness (QED) is 0.372. The molecule has 2 heterocycles. The minimum absolute atomic E-state index is 0.0764. The molecule has 1 aliphatic heterocycles. The number of carbonyl (C=O) groups excluding carboxylic acids is 1. The number of non-ortho nitro benzene ring substituents is 1. The molecule has 0 bridgehead atoms. The molecule has 1 fully saturated rings. The summed E-state index contributed by atoms with van der Waals surface area (Å²) < 4.78 is 0. The van der Waals surface area contributed by atoms with E-state index >= 15 is 0 Å². The Morgan fingerprint density at radius 1 is 1.00 bits per heavy atom. The van der Waals surface area contributed by atoms with E-state index in [-0.39, 0.29) is 17.5 Å². The molecule has 182 valence electrons. The van der Waals surface area contributed by atoms with Gasteiger partial charge in [-0.05, 0) is 31.4 Å². The number of hydrogen-bond acceptors (Lipinski definition) is 6. The highest BCUT2D eigenvalue weighted by molar-refractivity contribution is 5.84. The molecule has 0 aliphatic carbocycles. The Morgan fingerprint density at radius 3 is 2.26 bits per heavy atom. The molecule has 0 radical (unpaired) electrons. The van der Waals surface area contributed by atoms with Crippen LogP contribution >= 0.6 is 0 Å². The Kier molecular flexibility index (Phi) is 7.39. The maximum atomic E-state index is 13.3. The number of hydrogen-bond donors (Lipinski definition) is 0. The Hall–Kier alpha value is -3.81. The number of nitrogens with zero attached hydrogens (tertiary/aromatic N) is 5. The second-order valence-corrected chi connectivity index (χ2v) is 8.94. The minimum Gasteiger partial charge on any atom is -0.353 e. The summed E-state index contributed by atoms with van der Waals surface area (Å²) in [5, 5.41) is 11.0. The fraction of sp³-hybridized carbons (Fsp3) is 0.370. The fourth-order valence-electron chi connectivity index (χ4n) is 4.72. The molecule has 1 atom stereocenters. The van der Waals surface area contributed by atoms with Crippen LogP contribution in [0.2, 0.25) is 0 Å². The normalized spacial score (nSPS) is 14.6. The predicted octanol–water partition coefficient (Wildman–Crippen LogP) is 4.43. The Balaban J connectivity index is 1.50. The zero-order valence-corrected chi connectivity index (χ0v) is 20.5. The average molecular weight is 474 g/mol. The molecule has 0 N–H and O–H groups in total. The molecule has 1 aliphatic rings. The number of anilines is 1. The van der Waals surface area contributed by atoms with Gasteiger partial charge in [0, 0.05) is 56.0 Å². The van der Waals surface area contributed by atoms with E-state index in [1.807, 2.05) is 49.1 Å². The Morgan fingerprint density at radius 2 is 1.66 bits per heavy atom. The van der Waals surface area contributed by atoms with Crippen LogP contribution in [0.25, 0.3) is 0 Å². The van der Waals surface area contributed by atoms with Gasteiger partial charge in [-0.15, -0.1) is 0 Å². The summed E-state index contributed by atoms with van der Waals surface area (Å²) in [4.78, 5) is 37.4. The number of amides is 1. The van der Waals surface area contributed by atoms with Crippen LogP contribution in [-0.4, -0.2) is 51.9 Å². The third-order valence-electron chi connectivity index (χ3n) is 6.63. The van der Waals surface area contributed by atoms with Crippen molar-refractivity contribution >= 4 is 17.4 Å². The number of aromatic nitrogens is 2. The first-order valence-electron chi connectivity index (χ1n) is 12.0.